The number of amides is 1. The average molecular weight is 480 g/mol. The number of rotatable bonds is 9. The second kappa shape index (κ2) is 11.0. The molecule has 29 heavy (non-hydrogen) atoms. The van der Waals surface area contributed by atoms with E-state index in [9.17, 15) is 9.59 Å². The Bertz CT molecular complexity index is 894. The van der Waals surface area contributed by atoms with Crippen LogP contribution in [0.15, 0.2) is 38.7 Å². The van der Waals surface area contributed by atoms with Gasteiger partial charge in [-0.25, -0.2) is 4.98 Å². The largest absolute Gasteiger partial charge is 0.355 e. The lowest BCUT2D eigenvalue weighted by atomic mass is 10.1. The molecule has 1 heterocycles. The van der Waals surface area contributed by atoms with E-state index in [1.54, 1.807) is 11.6 Å². The van der Waals surface area contributed by atoms with E-state index >= 15 is 0 Å². The van der Waals surface area contributed by atoms with Gasteiger partial charge in [0.2, 0.25) is 5.91 Å². The summed E-state index contributed by atoms with van der Waals surface area (Å²) in [6.45, 7) is 8.72. The SMILES string of the molecule is CCCC(Sc1nc(C)c(Cc2ccc(Br)cc2)c(=O)n1C)C(=O)NCC(C)C. The molecule has 0 radical (unpaired) electrons. The molecule has 2 aromatic rings. The summed E-state index contributed by atoms with van der Waals surface area (Å²) in [5.41, 5.74) is 2.42. The minimum atomic E-state index is -0.256. The van der Waals surface area contributed by atoms with Gasteiger partial charge in [-0.15, -0.1) is 0 Å². The van der Waals surface area contributed by atoms with Crippen molar-refractivity contribution in [2.45, 2.75) is 57.4 Å². The van der Waals surface area contributed by atoms with E-state index in [-0.39, 0.29) is 16.7 Å². The molecule has 0 fully saturated rings. The summed E-state index contributed by atoms with van der Waals surface area (Å²) >= 11 is 4.81. The van der Waals surface area contributed by atoms with Crippen LogP contribution in [0.5, 0.6) is 0 Å². The zero-order valence-electron chi connectivity index (χ0n) is 17.8. The number of benzene rings is 1. The quantitative estimate of drug-likeness (QED) is 0.425. The molecule has 7 heteroatoms. The number of aryl methyl sites for hydroxylation is 1. The molecule has 0 spiro atoms. The topological polar surface area (TPSA) is 64.0 Å². The molecule has 0 saturated carbocycles. The first-order valence-corrected chi connectivity index (χ1v) is 11.7. The number of hydrogen-bond acceptors (Lipinski definition) is 4. The number of nitrogens with zero attached hydrogens (tertiary/aromatic N) is 2. The minimum Gasteiger partial charge on any atom is -0.355 e. The minimum absolute atomic E-state index is 0.0105. The predicted molar refractivity (Wildman–Crippen MR) is 124 cm³/mol. The summed E-state index contributed by atoms with van der Waals surface area (Å²) < 4.78 is 2.58. The Morgan fingerprint density at radius 1 is 1.28 bits per heavy atom. The molecule has 5 nitrogen and oxygen atoms in total. The van der Waals surface area contributed by atoms with Crippen molar-refractivity contribution < 1.29 is 4.79 Å². The van der Waals surface area contributed by atoms with Crippen molar-refractivity contribution in [3.8, 4) is 0 Å². The second-order valence-electron chi connectivity index (χ2n) is 7.66. The maximum atomic E-state index is 13.0. The Kier molecular flexibility index (Phi) is 8.96. The van der Waals surface area contributed by atoms with Crippen molar-refractivity contribution in [2.75, 3.05) is 6.54 Å². The highest BCUT2D eigenvalue weighted by Gasteiger charge is 2.22. The number of aromatic nitrogens is 2. The summed E-state index contributed by atoms with van der Waals surface area (Å²) in [6, 6.07) is 7.94. The molecule has 1 unspecified atom stereocenters. The molecule has 1 aromatic heterocycles. The molecule has 1 N–H and O–H groups in total. The normalized spacial score (nSPS) is 12.2. The summed E-state index contributed by atoms with van der Waals surface area (Å²) in [6.07, 6.45) is 2.17. The third kappa shape index (κ3) is 6.71. The van der Waals surface area contributed by atoms with Gasteiger partial charge in [0.05, 0.1) is 5.25 Å². The lowest BCUT2D eigenvalue weighted by molar-refractivity contribution is -0.120. The zero-order valence-corrected chi connectivity index (χ0v) is 20.2. The van der Waals surface area contributed by atoms with Crippen LogP contribution < -0.4 is 10.9 Å². The first-order valence-electron chi connectivity index (χ1n) is 9.98. The fourth-order valence-corrected chi connectivity index (χ4v) is 4.39. The highest BCUT2D eigenvalue weighted by atomic mass is 79.9. The van der Waals surface area contributed by atoms with Gasteiger partial charge >= 0.3 is 0 Å². The third-order valence-corrected chi connectivity index (χ3v) is 6.46. The zero-order chi connectivity index (χ0) is 21.6. The van der Waals surface area contributed by atoms with Crippen LogP contribution in [0, 0.1) is 12.8 Å². The smallest absolute Gasteiger partial charge is 0.257 e. The van der Waals surface area contributed by atoms with Gasteiger partial charge in [-0.05, 0) is 37.0 Å². The van der Waals surface area contributed by atoms with E-state index in [1.165, 1.54) is 11.8 Å². The standard InChI is InChI=1S/C22H30BrN3O2S/c1-6-7-19(20(27)24-13-14(2)3)29-22-25-15(4)18(21(28)26(22)5)12-16-8-10-17(23)11-9-16/h8-11,14,19H,6-7,12-13H2,1-5H3,(H,24,27). The number of hydrogen-bond donors (Lipinski definition) is 1. The van der Waals surface area contributed by atoms with Gasteiger partial charge in [-0.3, -0.25) is 14.2 Å². The van der Waals surface area contributed by atoms with Crippen molar-refractivity contribution in [1.82, 2.24) is 14.9 Å². The Hall–Kier alpha value is -1.60. The number of halogens is 1. The van der Waals surface area contributed by atoms with Crippen LogP contribution in [0.2, 0.25) is 0 Å². The summed E-state index contributed by atoms with van der Waals surface area (Å²) in [5.74, 6) is 0.408. The van der Waals surface area contributed by atoms with Crippen molar-refractivity contribution in [3.05, 3.63) is 55.9 Å². The summed E-state index contributed by atoms with van der Waals surface area (Å²) in [4.78, 5) is 30.3. The van der Waals surface area contributed by atoms with Gasteiger partial charge < -0.3 is 5.32 Å². The molecule has 0 aliphatic rings. The van der Waals surface area contributed by atoms with E-state index in [1.807, 2.05) is 31.2 Å². The summed E-state index contributed by atoms with van der Waals surface area (Å²) in [7, 11) is 1.73. The van der Waals surface area contributed by atoms with E-state index in [4.69, 9.17) is 0 Å². The maximum Gasteiger partial charge on any atom is 0.257 e. The first kappa shape index (κ1) is 23.7. The van der Waals surface area contributed by atoms with Gasteiger partial charge in [0.1, 0.15) is 0 Å². The van der Waals surface area contributed by atoms with Crippen LogP contribution in [-0.4, -0.2) is 27.3 Å². The van der Waals surface area contributed by atoms with Crippen LogP contribution in [0.4, 0.5) is 0 Å². The van der Waals surface area contributed by atoms with E-state index in [0.29, 0.717) is 29.6 Å². The molecular formula is C22H30BrN3O2S. The van der Waals surface area contributed by atoms with Gasteiger partial charge in [-0.2, -0.15) is 0 Å². The third-order valence-electron chi connectivity index (χ3n) is 4.62. The van der Waals surface area contributed by atoms with Crippen LogP contribution in [0.1, 0.15) is 50.4 Å². The molecule has 158 valence electrons. The highest BCUT2D eigenvalue weighted by Crippen LogP contribution is 2.25. The van der Waals surface area contributed by atoms with Gasteiger partial charge in [0.25, 0.3) is 5.56 Å². The van der Waals surface area contributed by atoms with Gasteiger partial charge in [-0.1, -0.05) is 67.0 Å². The van der Waals surface area contributed by atoms with Crippen molar-refractivity contribution in [1.29, 1.82) is 0 Å². The molecule has 0 bridgehead atoms. The molecule has 2 rings (SSSR count). The van der Waals surface area contributed by atoms with E-state index in [2.05, 4.69) is 47.0 Å². The number of carbonyl (C=O) groups is 1. The van der Waals surface area contributed by atoms with Crippen LogP contribution in [0.3, 0.4) is 0 Å². The number of carbonyl (C=O) groups excluding carboxylic acids is 1. The van der Waals surface area contributed by atoms with Crippen molar-refractivity contribution in [3.63, 3.8) is 0 Å². The van der Waals surface area contributed by atoms with Crippen LogP contribution in [0.25, 0.3) is 0 Å². The summed E-state index contributed by atoms with van der Waals surface area (Å²) in [5, 5.41) is 3.34. The predicted octanol–water partition coefficient (Wildman–Crippen LogP) is 4.48. The Labute approximate surface area is 185 Å². The lowest BCUT2D eigenvalue weighted by Gasteiger charge is -2.18. The molecular weight excluding hydrogens is 450 g/mol. The number of nitrogens with one attached hydrogen (secondary N) is 1. The monoisotopic (exact) mass is 479 g/mol. The Morgan fingerprint density at radius 2 is 1.93 bits per heavy atom. The van der Waals surface area contributed by atoms with Crippen molar-refractivity contribution in [2.24, 2.45) is 13.0 Å². The molecule has 0 aliphatic carbocycles. The Morgan fingerprint density at radius 3 is 2.52 bits per heavy atom. The average Bonchev–Trinajstić information content (AvgIpc) is 2.68. The van der Waals surface area contributed by atoms with E-state index in [0.717, 1.165) is 28.6 Å². The molecule has 1 atom stereocenters. The molecule has 0 saturated heterocycles. The fraction of sp³-hybridized carbons (Fsp3) is 0.500. The van der Waals surface area contributed by atoms with Gasteiger partial charge in [0.15, 0.2) is 5.16 Å². The van der Waals surface area contributed by atoms with E-state index < -0.39 is 0 Å². The first-order chi connectivity index (χ1) is 13.7. The molecule has 1 aromatic carbocycles. The molecule has 1 amide bonds. The Balaban J connectivity index is 2.25. The molecule has 0 aliphatic heterocycles. The van der Waals surface area contributed by atoms with Gasteiger partial charge in [0, 0.05) is 35.7 Å². The van der Waals surface area contributed by atoms with Crippen molar-refractivity contribution >= 4 is 33.6 Å². The lowest BCUT2D eigenvalue weighted by Crippen LogP contribution is -2.36. The number of thioether (sulfide) groups is 1. The van der Waals surface area contributed by atoms with Crippen LogP contribution in [-0.2, 0) is 18.3 Å². The highest BCUT2D eigenvalue weighted by molar-refractivity contribution is 9.10. The van der Waals surface area contributed by atoms with Crippen LogP contribution >= 0.6 is 27.7 Å². The maximum absolute atomic E-state index is 13.0. The fourth-order valence-electron chi connectivity index (χ4n) is 2.90. The second-order valence-corrected chi connectivity index (χ2v) is 9.75.